The van der Waals surface area contributed by atoms with Crippen LogP contribution in [0.15, 0.2) is 24.3 Å². The highest BCUT2D eigenvalue weighted by molar-refractivity contribution is 5.86. The van der Waals surface area contributed by atoms with Crippen molar-refractivity contribution in [2.24, 2.45) is 0 Å². The molecule has 18 heavy (non-hydrogen) atoms. The van der Waals surface area contributed by atoms with Crippen LogP contribution in [0.4, 0.5) is 0 Å². The number of carbonyl (C=O) groups is 1. The zero-order chi connectivity index (χ0) is 12.6. The molecule has 1 aromatic carbocycles. The lowest BCUT2D eigenvalue weighted by Gasteiger charge is -2.26. The van der Waals surface area contributed by atoms with Gasteiger partial charge in [-0.05, 0) is 26.0 Å². The van der Waals surface area contributed by atoms with Crippen molar-refractivity contribution in [3.05, 3.63) is 29.8 Å². The number of ether oxygens (including phenoxy) is 1. The first-order chi connectivity index (χ1) is 8.68. The quantitative estimate of drug-likeness (QED) is 0.819. The highest BCUT2D eigenvalue weighted by atomic mass is 16.5. The van der Waals surface area contributed by atoms with E-state index in [1.54, 1.807) is 0 Å². The molecule has 2 N–H and O–H groups in total. The SMILES string of the molecule is CC1(NC(=O)C2COc3ccccc32)CCNC1. The lowest BCUT2D eigenvalue weighted by molar-refractivity contribution is -0.124. The molecule has 2 aliphatic rings. The first-order valence-electron chi connectivity index (χ1n) is 6.42. The molecule has 1 amide bonds. The van der Waals surface area contributed by atoms with Crippen molar-refractivity contribution in [1.82, 2.24) is 10.6 Å². The molecule has 4 heteroatoms. The van der Waals surface area contributed by atoms with Crippen LogP contribution in [0.3, 0.4) is 0 Å². The van der Waals surface area contributed by atoms with Gasteiger partial charge in [0.15, 0.2) is 0 Å². The molecule has 96 valence electrons. The van der Waals surface area contributed by atoms with Gasteiger partial charge in [-0.15, -0.1) is 0 Å². The summed E-state index contributed by atoms with van der Waals surface area (Å²) in [5.74, 6) is 0.747. The number of hydrogen-bond donors (Lipinski definition) is 2. The second-order valence-electron chi connectivity index (χ2n) is 5.38. The number of carbonyl (C=O) groups excluding carboxylic acids is 1. The van der Waals surface area contributed by atoms with Gasteiger partial charge in [-0.25, -0.2) is 0 Å². The monoisotopic (exact) mass is 246 g/mol. The summed E-state index contributed by atoms with van der Waals surface area (Å²) in [6, 6.07) is 7.78. The molecule has 0 saturated carbocycles. The van der Waals surface area contributed by atoms with Crippen LogP contribution in [0.25, 0.3) is 0 Å². The van der Waals surface area contributed by atoms with E-state index in [0.29, 0.717) is 6.61 Å². The van der Waals surface area contributed by atoms with E-state index in [2.05, 4.69) is 17.6 Å². The molecule has 1 fully saturated rings. The smallest absolute Gasteiger partial charge is 0.231 e. The first kappa shape index (κ1) is 11.5. The second-order valence-corrected chi connectivity index (χ2v) is 5.38. The van der Waals surface area contributed by atoms with E-state index in [0.717, 1.165) is 30.8 Å². The Morgan fingerprint density at radius 2 is 2.33 bits per heavy atom. The van der Waals surface area contributed by atoms with Gasteiger partial charge < -0.3 is 15.4 Å². The van der Waals surface area contributed by atoms with E-state index >= 15 is 0 Å². The number of amides is 1. The van der Waals surface area contributed by atoms with Crippen molar-refractivity contribution in [3.63, 3.8) is 0 Å². The number of hydrogen-bond acceptors (Lipinski definition) is 3. The molecule has 2 aliphatic heterocycles. The van der Waals surface area contributed by atoms with E-state index in [-0.39, 0.29) is 17.4 Å². The van der Waals surface area contributed by atoms with E-state index in [1.807, 2.05) is 24.3 Å². The average molecular weight is 246 g/mol. The number of fused-ring (bicyclic) bond motifs is 1. The molecule has 1 saturated heterocycles. The highest BCUT2D eigenvalue weighted by Crippen LogP contribution is 2.34. The fourth-order valence-corrected chi connectivity index (χ4v) is 2.69. The zero-order valence-electron chi connectivity index (χ0n) is 10.5. The van der Waals surface area contributed by atoms with Crippen molar-refractivity contribution < 1.29 is 9.53 Å². The van der Waals surface area contributed by atoms with Gasteiger partial charge in [0.2, 0.25) is 5.91 Å². The predicted molar refractivity (Wildman–Crippen MR) is 68.7 cm³/mol. The molecule has 0 aromatic heterocycles. The molecule has 0 aliphatic carbocycles. The van der Waals surface area contributed by atoms with Crippen molar-refractivity contribution in [2.75, 3.05) is 19.7 Å². The Kier molecular flexibility index (Phi) is 2.74. The Bertz CT molecular complexity index is 467. The second kappa shape index (κ2) is 4.28. The Labute approximate surface area is 107 Å². The van der Waals surface area contributed by atoms with Crippen molar-refractivity contribution in [3.8, 4) is 5.75 Å². The van der Waals surface area contributed by atoms with E-state index < -0.39 is 0 Å². The van der Waals surface area contributed by atoms with Crippen LogP contribution >= 0.6 is 0 Å². The number of benzene rings is 1. The molecule has 4 nitrogen and oxygen atoms in total. The van der Waals surface area contributed by atoms with Gasteiger partial charge in [-0.1, -0.05) is 18.2 Å². The third kappa shape index (κ3) is 1.97. The molecule has 0 radical (unpaired) electrons. The van der Waals surface area contributed by atoms with Crippen LogP contribution in [0, 0.1) is 0 Å². The Hall–Kier alpha value is -1.55. The standard InChI is InChI=1S/C14H18N2O2/c1-14(6-7-15-9-14)16-13(17)11-8-18-12-5-3-2-4-10(11)12/h2-5,11,15H,6-9H2,1H3,(H,16,17). The molecular formula is C14H18N2O2. The van der Waals surface area contributed by atoms with E-state index in [4.69, 9.17) is 4.74 Å². The summed E-state index contributed by atoms with van der Waals surface area (Å²) in [5, 5.41) is 6.44. The number of nitrogens with one attached hydrogen (secondary N) is 2. The molecule has 0 bridgehead atoms. The maximum absolute atomic E-state index is 12.4. The molecule has 3 rings (SSSR count). The normalized spacial score (nSPS) is 29.7. The largest absolute Gasteiger partial charge is 0.492 e. The summed E-state index contributed by atoms with van der Waals surface area (Å²) in [6.45, 7) is 4.35. The van der Waals surface area contributed by atoms with Gasteiger partial charge in [0.1, 0.15) is 18.3 Å². The van der Waals surface area contributed by atoms with Gasteiger partial charge in [0, 0.05) is 12.1 Å². The van der Waals surface area contributed by atoms with E-state index in [1.165, 1.54) is 0 Å². The fourth-order valence-electron chi connectivity index (χ4n) is 2.69. The minimum atomic E-state index is -0.168. The topological polar surface area (TPSA) is 50.4 Å². The van der Waals surface area contributed by atoms with E-state index in [9.17, 15) is 4.79 Å². The molecule has 1 aromatic rings. The lowest BCUT2D eigenvalue weighted by atomic mass is 9.96. The Morgan fingerprint density at radius 3 is 3.11 bits per heavy atom. The third-order valence-electron chi connectivity index (χ3n) is 3.81. The van der Waals surface area contributed by atoms with Crippen molar-refractivity contribution in [2.45, 2.75) is 24.8 Å². The Balaban J connectivity index is 1.74. The molecule has 2 heterocycles. The summed E-state index contributed by atoms with van der Waals surface area (Å²) in [6.07, 6.45) is 0.980. The van der Waals surface area contributed by atoms with Crippen LogP contribution in [0.5, 0.6) is 5.75 Å². The van der Waals surface area contributed by atoms with Crippen LogP contribution in [0.2, 0.25) is 0 Å². The minimum Gasteiger partial charge on any atom is -0.492 e. The molecule has 0 spiro atoms. The highest BCUT2D eigenvalue weighted by Gasteiger charge is 2.36. The zero-order valence-corrected chi connectivity index (χ0v) is 10.5. The first-order valence-corrected chi connectivity index (χ1v) is 6.42. The summed E-state index contributed by atoms with van der Waals surface area (Å²) >= 11 is 0. The van der Waals surface area contributed by atoms with Gasteiger partial charge in [-0.2, -0.15) is 0 Å². The van der Waals surface area contributed by atoms with Gasteiger partial charge in [0.05, 0.1) is 5.54 Å². The van der Waals surface area contributed by atoms with Crippen molar-refractivity contribution >= 4 is 5.91 Å². The van der Waals surface area contributed by atoms with Gasteiger partial charge >= 0.3 is 0 Å². The van der Waals surface area contributed by atoms with Gasteiger partial charge in [0.25, 0.3) is 0 Å². The predicted octanol–water partition coefficient (Wildman–Crippen LogP) is 1.03. The summed E-state index contributed by atoms with van der Waals surface area (Å²) in [4.78, 5) is 12.4. The van der Waals surface area contributed by atoms with Gasteiger partial charge in [-0.3, -0.25) is 4.79 Å². The molecular weight excluding hydrogens is 228 g/mol. The number of para-hydroxylation sites is 1. The Morgan fingerprint density at radius 1 is 1.50 bits per heavy atom. The maximum Gasteiger partial charge on any atom is 0.231 e. The summed E-state index contributed by atoms with van der Waals surface area (Å²) in [7, 11) is 0. The third-order valence-corrected chi connectivity index (χ3v) is 3.81. The van der Waals surface area contributed by atoms with Crippen LogP contribution in [0.1, 0.15) is 24.8 Å². The summed E-state index contributed by atoms with van der Waals surface area (Å²) < 4.78 is 5.55. The van der Waals surface area contributed by atoms with Crippen molar-refractivity contribution in [1.29, 1.82) is 0 Å². The van der Waals surface area contributed by atoms with Crippen LogP contribution < -0.4 is 15.4 Å². The van der Waals surface area contributed by atoms with Crippen LogP contribution in [-0.2, 0) is 4.79 Å². The van der Waals surface area contributed by atoms with Crippen LogP contribution in [-0.4, -0.2) is 31.1 Å². The lowest BCUT2D eigenvalue weighted by Crippen LogP contribution is -2.49. The molecule has 2 unspecified atom stereocenters. The fraction of sp³-hybridized carbons (Fsp3) is 0.500. The summed E-state index contributed by atoms with van der Waals surface area (Å²) in [5.41, 5.74) is 0.888. The maximum atomic E-state index is 12.4. The average Bonchev–Trinajstić information content (AvgIpc) is 2.95. The molecule has 2 atom stereocenters. The minimum absolute atomic E-state index is 0.0751. The number of rotatable bonds is 2.